The molecule has 1 aromatic carbocycles. The molecule has 2 N–H and O–H groups in total. The number of carbonyl (C=O) groups is 2. The highest BCUT2D eigenvalue weighted by molar-refractivity contribution is 7.16. The molecule has 1 amide bonds. The molecule has 0 spiro atoms. The van der Waals surface area contributed by atoms with Gasteiger partial charge in [-0.2, -0.15) is 5.26 Å². The summed E-state index contributed by atoms with van der Waals surface area (Å²) in [6, 6.07) is 6.86. The number of phenolic OH excluding ortho intramolecular Hbond substituents is 1. The monoisotopic (exact) mass is 356 g/mol. The second-order valence-electron chi connectivity index (χ2n) is 5.77. The van der Waals surface area contributed by atoms with E-state index in [1.54, 1.807) is 19.1 Å². The Morgan fingerprint density at radius 1 is 1.40 bits per heavy atom. The van der Waals surface area contributed by atoms with E-state index in [9.17, 15) is 20.0 Å². The van der Waals surface area contributed by atoms with Gasteiger partial charge in [-0.25, -0.2) is 4.79 Å². The summed E-state index contributed by atoms with van der Waals surface area (Å²) in [7, 11) is 0. The summed E-state index contributed by atoms with van der Waals surface area (Å²) in [6.45, 7) is 1.18. The van der Waals surface area contributed by atoms with Crippen LogP contribution in [-0.2, 0) is 22.4 Å². The number of nitrogens with zero attached hydrogens (tertiary/aromatic N) is 1. The zero-order valence-electron chi connectivity index (χ0n) is 13.6. The van der Waals surface area contributed by atoms with Crippen molar-refractivity contribution in [1.29, 1.82) is 5.26 Å². The first kappa shape index (κ1) is 17.0. The van der Waals surface area contributed by atoms with E-state index in [-0.39, 0.29) is 11.3 Å². The number of thiophene rings is 1. The van der Waals surface area contributed by atoms with Crippen LogP contribution in [0.1, 0.15) is 38.3 Å². The van der Waals surface area contributed by atoms with Crippen LogP contribution in [0.5, 0.6) is 5.75 Å². The van der Waals surface area contributed by atoms with Crippen molar-refractivity contribution in [3.8, 4) is 11.8 Å². The molecule has 1 aliphatic rings. The van der Waals surface area contributed by atoms with Crippen LogP contribution in [-0.4, -0.2) is 23.6 Å². The van der Waals surface area contributed by atoms with Crippen LogP contribution in [0.3, 0.4) is 0 Å². The van der Waals surface area contributed by atoms with Gasteiger partial charge in [-0.3, -0.25) is 4.79 Å². The number of hydrogen-bond acceptors (Lipinski definition) is 6. The molecule has 0 atom stereocenters. The van der Waals surface area contributed by atoms with Gasteiger partial charge >= 0.3 is 5.97 Å². The number of fused-ring (bicyclic) bond motifs is 1. The lowest BCUT2D eigenvalue weighted by molar-refractivity contribution is -0.119. The SMILES string of the molecule is Cc1cccc(C(=O)OCC(=O)Nc2sc3c(c2C#N)CCC3)c1O. The summed E-state index contributed by atoms with van der Waals surface area (Å²) in [5.74, 6) is -1.45. The van der Waals surface area contributed by atoms with Crippen LogP contribution in [0.15, 0.2) is 18.2 Å². The lowest BCUT2D eigenvalue weighted by Crippen LogP contribution is -2.21. The summed E-state index contributed by atoms with van der Waals surface area (Å²) in [4.78, 5) is 25.2. The summed E-state index contributed by atoms with van der Waals surface area (Å²) in [6.07, 6.45) is 2.81. The number of benzene rings is 1. The number of rotatable bonds is 4. The average molecular weight is 356 g/mol. The Kier molecular flexibility index (Phi) is 4.72. The number of para-hydroxylation sites is 1. The maximum absolute atomic E-state index is 12.0. The van der Waals surface area contributed by atoms with Crippen LogP contribution in [0.25, 0.3) is 0 Å². The molecule has 7 heteroatoms. The topological polar surface area (TPSA) is 99.4 Å². The molecule has 128 valence electrons. The Morgan fingerprint density at radius 3 is 2.96 bits per heavy atom. The van der Waals surface area contributed by atoms with Crippen LogP contribution < -0.4 is 5.32 Å². The molecule has 25 heavy (non-hydrogen) atoms. The molecule has 6 nitrogen and oxygen atoms in total. The maximum Gasteiger partial charge on any atom is 0.342 e. The van der Waals surface area contributed by atoms with Crippen molar-refractivity contribution in [2.24, 2.45) is 0 Å². The fourth-order valence-corrected chi connectivity index (χ4v) is 4.06. The predicted molar refractivity (Wildman–Crippen MR) is 92.8 cm³/mol. The highest BCUT2D eigenvalue weighted by Gasteiger charge is 2.23. The minimum absolute atomic E-state index is 0.0145. The minimum atomic E-state index is -0.773. The Morgan fingerprint density at radius 2 is 2.20 bits per heavy atom. The number of carbonyl (C=O) groups excluding carboxylic acids is 2. The number of phenols is 1. The molecular weight excluding hydrogens is 340 g/mol. The number of amides is 1. The van der Waals surface area contributed by atoms with E-state index in [1.807, 2.05) is 0 Å². The van der Waals surface area contributed by atoms with Gasteiger partial charge in [-0.1, -0.05) is 12.1 Å². The van der Waals surface area contributed by atoms with E-state index in [1.165, 1.54) is 17.4 Å². The highest BCUT2D eigenvalue weighted by atomic mass is 32.1. The number of aryl methyl sites for hydroxylation is 2. The van der Waals surface area contributed by atoms with Crippen LogP contribution in [0, 0.1) is 18.3 Å². The molecular formula is C18H16N2O4S. The molecule has 0 saturated carbocycles. The van der Waals surface area contributed by atoms with E-state index in [0.29, 0.717) is 16.1 Å². The third-order valence-electron chi connectivity index (χ3n) is 4.08. The number of anilines is 1. The van der Waals surface area contributed by atoms with Crippen molar-refractivity contribution in [1.82, 2.24) is 0 Å². The third-order valence-corrected chi connectivity index (χ3v) is 5.29. The van der Waals surface area contributed by atoms with Gasteiger partial charge in [0.1, 0.15) is 22.4 Å². The number of hydrogen-bond donors (Lipinski definition) is 2. The smallest absolute Gasteiger partial charge is 0.342 e. The largest absolute Gasteiger partial charge is 0.507 e. The van der Waals surface area contributed by atoms with Gasteiger partial charge in [-0.05, 0) is 43.4 Å². The van der Waals surface area contributed by atoms with E-state index in [2.05, 4.69) is 11.4 Å². The van der Waals surface area contributed by atoms with Gasteiger partial charge in [0.15, 0.2) is 6.61 Å². The summed E-state index contributed by atoms with van der Waals surface area (Å²) in [5.41, 5.74) is 2.09. The number of nitriles is 1. The molecule has 1 heterocycles. The lowest BCUT2D eigenvalue weighted by Gasteiger charge is -2.08. The molecule has 0 radical (unpaired) electrons. The van der Waals surface area contributed by atoms with Crippen molar-refractivity contribution < 1.29 is 19.4 Å². The Balaban J connectivity index is 1.63. The highest BCUT2D eigenvalue weighted by Crippen LogP contribution is 2.38. The molecule has 0 fully saturated rings. The quantitative estimate of drug-likeness (QED) is 0.821. The Labute approximate surface area is 148 Å². The third kappa shape index (κ3) is 3.35. The zero-order chi connectivity index (χ0) is 18.0. The summed E-state index contributed by atoms with van der Waals surface area (Å²) < 4.78 is 4.96. The van der Waals surface area contributed by atoms with Gasteiger partial charge in [0.05, 0.1) is 5.56 Å². The predicted octanol–water partition coefficient (Wildman–Crippen LogP) is 2.92. The van der Waals surface area contributed by atoms with Crippen molar-refractivity contribution >= 4 is 28.2 Å². The van der Waals surface area contributed by atoms with Crippen molar-refractivity contribution in [3.05, 3.63) is 45.3 Å². The van der Waals surface area contributed by atoms with Gasteiger partial charge < -0.3 is 15.2 Å². The molecule has 2 aromatic rings. The van der Waals surface area contributed by atoms with Crippen molar-refractivity contribution in [2.75, 3.05) is 11.9 Å². The maximum atomic E-state index is 12.0. The summed E-state index contributed by atoms with van der Waals surface area (Å²) >= 11 is 1.40. The summed E-state index contributed by atoms with van der Waals surface area (Å²) in [5, 5.41) is 22.3. The molecule has 0 aliphatic heterocycles. The van der Waals surface area contributed by atoms with E-state index < -0.39 is 18.5 Å². The molecule has 0 bridgehead atoms. The van der Waals surface area contributed by atoms with E-state index >= 15 is 0 Å². The van der Waals surface area contributed by atoms with Crippen LogP contribution in [0.2, 0.25) is 0 Å². The van der Waals surface area contributed by atoms with Crippen molar-refractivity contribution in [2.45, 2.75) is 26.2 Å². The Hall–Kier alpha value is -2.85. The number of nitrogens with one attached hydrogen (secondary N) is 1. The van der Waals surface area contributed by atoms with Gasteiger partial charge in [0.2, 0.25) is 0 Å². The first-order chi connectivity index (χ1) is 12.0. The zero-order valence-corrected chi connectivity index (χ0v) is 14.4. The van der Waals surface area contributed by atoms with Gasteiger partial charge in [0.25, 0.3) is 5.91 Å². The van der Waals surface area contributed by atoms with Crippen LogP contribution >= 0.6 is 11.3 Å². The van der Waals surface area contributed by atoms with Gasteiger partial charge in [0, 0.05) is 4.88 Å². The molecule has 1 aliphatic carbocycles. The van der Waals surface area contributed by atoms with E-state index in [4.69, 9.17) is 4.74 Å². The first-order valence-corrected chi connectivity index (χ1v) is 8.63. The molecule has 3 rings (SSSR count). The molecule has 1 aromatic heterocycles. The lowest BCUT2D eigenvalue weighted by atomic mass is 10.1. The molecule has 0 saturated heterocycles. The van der Waals surface area contributed by atoms with Crippen LogP contribution in [0.4, 0.5) is 5.00 Å². The van der Waals surface area contributed by atoms with E-state index in [0.717, 1.165) is 29.7 Å². The van der Waals surface area contributed by atoms with Gasteiger partial charge in [-0.15, -0.1) is 11.3 Å². The fraction of sp³-hybridized carbons (Fsp3) is 0.278. The standard InChI is InChI=1S/C18H16N2O4S/c1-10-4-2-6-12(16(10)22)18(23)24-9-15(21)20-17-13(8-19)11-5-3-7-14(11)25-17/h2,4,6,22H,3,5,7,9H2,1H3,(H,20,21). The first-order valence-electron chi connectivity index (χ1n) is 7.81. The number of esters is 1. The fourth-order valence-electron chi connectivity index (χ4n) is 2.81. The minimum Gasteiger partial charge on any atom is -0.507 e. The number of aromatic hydroxyl groups is 1. The Bertz CT molecular complexity index is 895. The molecule has 0 unspecified atom stereocenters. The number of ether oxygens (including phenoxy) is 1. The second-order valence-corrected chi connectivity index (χ2v) is 6.87. The second kappa shape index (κ2) is 6.95. The normalized spacial score (nSPS) is 12.3. The average Bonchev–Trinajstić information content (AvgIpc) is 3.15. The van der Waals surface area contributed by atoms with Crippen molar-refractivity contribution in [3.63, 3.8) is 0 Å².